The summed E-state index contributed by atoms with van der Waals surface area (Å²) in [5, 5.41) is 2.93. The fraction of sp³-hybridized carbons (Fsp3) is 0.133. The van der Waals surface area contributed by atoms with Gasteiger partial charge in [0.25, 0.3) is 0 Å². The molecule has 2 heterocycles. The summed E-state index contributed by atoms with van der Waals surface area (Å²) in [6, 6.07) is 11.0. The highest BCUT2D eigenvalue weighted by Crippen LogP contribution is 2.37. The maximum Gasteiger partial charge on any atom is 0.220 e. The van der Waals surface area contributed by atoms with Gasteiger partial charge in [0.15, 0.2) is 11.6 Å². The van der Waals surface area contributed by atoms with Crippen LogP contribution in [0.4, 0.5) is 0 Å². The van der Waals surface area contributed by atoms with Crippen LogP contribution in [-0.2, 0) is 9.53 Å². The Balaban J connectivity index is 2.02. The minimum Gasteiger partial charge on any atom is -0.465 e. The van der Waals surface area contributed by atoms with Gasteiger partial charge in [-0.2, -0.15) is 0 Å². The van der Waals surface area contributed by atoms with Crippen molar-refractivity contribution in [3.05, 3.63) is 64.3 Å². The van der Waals surface area contributed by atoms with Gasteiger partial charge in [0, 0.05) is 11.5 Å². The summed E-state index contributed by atoms with van der Waals surface area (Å²) in [6.07, 6.45) is 0.809. The Morgan fingerprint density at radius 3 is 2.75 bits per heavy atom. The van der Waals surface area contributed by atoms with Crippen LogP contribution in [0.5, 0.6) is 0 Å². The zero-order valence-electron chi connectivity index (χ0n) is 10.7. The number of rotatable bonds is 3. The van der Waals surface area contributed by atoms with E-state index in [0.717, 1.165) is 10.0 Å². The molecular formula is C15H12BrNO3. The van der Waals surface area contributed by atoms with Crippen LogP contribution in [0, 0.1) is 0 Å². The van der Waals surface area contributed by atoms with Crippen molar-refractivity contribution in [3.8, 4) is 0 Å². The summed E-state index contributed by atoms with van der Waals surface area (Å²) in [7, 11) is 1.73. The molecule has 0 radical (unpaired) electrons. The third-order valence-corrected chi connectivity index (χ3v) is 3.58. The van der Waals surface area contributed by atoms with Gasteiger partial charge in [-0.3, -0.25) is 4.79 Å². The largest absolute Gasteiger partial charge is 0.465 e. The highest BCUT2D eigenvalue weighted by molar-refractivity contribution is 9.10. The lowest BCUT2D eigenvalue weighted by Crippen LogP contribution is -2.09. The van der Waals surface area contributed by atoms with Crippen LogP contribution in [0.1, 0.15) is 17.4 Å². The Morgan fingerprint density at radius 2 is 2.10 bits per heavy atom. The van der Waals surface area contributed by atoms with Gasteiger partial charge in [0.05, 0.1) is 11.8 Å². The number of ether oxygens (including phenoxy) is 1. The SMILES string of the molecule is CNC1=C(c2cccc(Br)c2)C(=O)C(c2ccco2)O1. The van der Waals surface area contributed by atoms with E-state index in [1.165, 1.54) is 6.26 Å². The number of hydrogen-bond acceptors (Lipinski definition) is 4. The van der Waals surface area contributed by atoms with Gasteiger partial charge in [-0.25, -0.2) is 0 Å². The molecule has 2 aromatic rings. The van der Waals surface area contributed by atoms with E-state index in [0.29, 0.717) is 17.2 Å². The van der Waals surface area contributed by atoms with Crippen molar-refractivity contribution < 1.29 is 13.9 Å². The van der Waals surface area contributed by atoms with Gasteiger partial charge >= 0.3 is 0 Å². The number of Topliss-reactive ketones (excluding diaryl/α,β-unsaturated/α-hetero) is 1. The first-order chi connectivity index (χ1) is 9.70. The summed E-state index contributed by atoms with van der Waals surface area (Å²) in [4.78, 5) is 12.6. The van der Waals surface area contributed by atoms with Crippen molar-refractivity contribution in [2.45, 2.75) is 6.10 Å². The second-order valence-corrected chi connectivity index (χ2v) is 5.26. The Morgan fingerprint density at radius 1 is 1.25 bits per heavy atom. The first kappa shape index (κ1) is 13.0. The number of carbonyl (C=O) groups excluding carboxylic acids is 1. The van der Waals surface area contributed by atoms with Gasteiger partial charge < -0.3 is 14.5 Å². The predicted octanol–water partition coefficient (Wildman–Crippen LogP) is 3.27. The molecule has 1 aliphatic heterocycles. The minimum absolute atomic E-state index is 0.109. The second-order valence-electron chi connectivity index (χ2n) is 4.34. The molecular weight excluding hydrogens is 322 g/mol. The molecule has 0 spiro atoms. The lowest BCUT2D eigenvalue weighted by molar-refractivity contribution is -0.121. The number of benzene rings is 1. The summed E-state index contributed by atoms with van der Waals surface area (Å²) >= 11 is 3.41. The lowest BCUT2D eigenvalue weighted by atomic mass is 10.00. The summed E-state index contributed by atoms with van der Waals surface area (Å²) in [5.41, 5.74) is 1.35. The molecule has 4 nitrogen and oxygen atoms in total. The fourth-order valence-corrected chi connectivity index (χ4v) is 2.60. The first-order valence-electron chi connectivity index (χ1n) is 6.13. The van der Waals surface area contributed by atoms with E-state index in [2.05, 4.69) is 21.2 Å². The topological polar surface area (TPSA) is 51.5 Å². The minimum atomic E-state index is -0.721. The summed E-state index contributed by atoms with van der Waals surface area (Å²) in [6.45, 7) is 0. The molecule has 1 atom stereocenters. The Hall–Kier alpha value is -2.01. The quantitative estimate of drug-likeness (QED) is 0.936. The molecule has 0 aliphatic carbocycles. The number of hydrogen-bond donors (Lipinski definition) is 1. The van der Waals surface area contributed by atoms with E-state index in [1.54, 1.807) is 19.2 Å². The molecule has 1 N–H and O–H groups in total. The zero-order valence-corrected chi connectivity index (χ0v) is 12.3. The standard InChI is InChI=1S/C15H12BrNO3/c1-17-15-12(9-4-2-5-10(16)8-9)13(18)14(20-15)11-6-3-7-19-11/h2-8,14,17H,1H3. The van der Waals surface area contributed by atoms with Crippen molar-refractivity contribution >= 4 is 27.3 Å². The average Bonchev–Trinajstić information content (AvgIpc) is 3.05. The second kappa shape index (κ2) is 5.17. The number of nitrogens with one attached hydrogen (secondary N) is 1. The molecule has 0 saturated heterocycles. The molecule has 20 heavy (non-hydrogen) atoms. The molecule has 102 valence electrons. The number of carbonyl (C=O) groups is 1. The highest BCUT2D eigenvalue weighted by atomic mass is 79.9. The van der Waals surface area contributed by atoms with Crippen LogP contribution in [0.15, 0.2) is 57.4 Å². The maximum absolute atomic E-state index is 12.6. The van der Waals surface area contributed by atoms with E-state index in [9.17, 15) is 4.79 Å². The smallest absolute Gasteiger partial charge is 0.220 e. The van der Waals surface area contributed by atoms with Crippen molar-refractivity contribution in [1.82, 2.24) is 5.32 Å². The average molecular weight is 334 g/mol. The molecule has 5 heteroatoms. The van der Waals surface area contributed by atoms with Crippen molar-refractivity contribution in [1.29, 1.82) is 0 Å². The van der Waals surface area contributed by atoms with Gasteiger partial charge in [-0.15, -0.1) is 0 Å². The van der Waals surface area contributed by atoms with E-state index in [1.807, 2.05) is 24.3 Å². The molecule has 3 rings (SSSR count). The molecule has 1 aliphatic rings. The molecule has 0 saturated carbocycles. The van der Waals surface area contributed by atoms with Gasteiger partial charge in [0.2, 0.25) is 11.9 Å². The summed E-state index contributed by atoms with van der Waals surface area (Å²) < 4.78 is 11.9. The number of ketones is 1. The molecule has 1 aromatic carbocycles. The van der Waals surface area contributed by atoms with Gasteiger partial charge in [0.1, 0.15) is 0 Å². The third-order valence-electron chi connectivity index (χ3n) is 3.09. The molecule has 0 amide bonds. The predicted molar refractivity (Wildman–Crippen MR) is 77.7 cm³/mol. The Bertz CT molecular complexity index is 676. The van der Waals surface area contributed by atoms with E-state index < -0.39 is 6.10 Å². The van der Waals surface area contributed by atoms with Crippen molar-refractivity contribution in [2.75, 3.05) is 7.05 Å². The molecule has 1 unspecified atom stereocenters. The van der Waals surface area contributed by atoms with Crippen LogP contribution in [-0.4, -0.2) is 12.8 Å². The monoisotopic (exact) mass is 333 g/mol. The van der Waals surface area contributed by atoms with Crippen LogP contribution >= 0.6 is 15.9 Å². The molecule has 0 bridgehead atoms. The Labute approximate surface area is 124 Å². The van der Waals surface area contributed by atoms with E-state index in [-0.39, 0.29) is 5.78 Å². The summed E-state index contributed by atoms with van der Waals surface area (Å²) in [5.74, 6) is 0.865. The van der Waals surface area contributed by atoms with Gasteiger partial charge in [-0.1, -0.05) is 28.1 Å². The third kappa shape index (κ3) is 2.14. The molecule has 0 fully saturated rings. The van der Waals surface area contributed by atoms with E-state index in [4.69, 9.17) is 9.15 Å². The molecule has 1 aromatic heterocycles. The number of furan rings is 1. The lowest BCUT2D eigenvalue weighted by Gasteiger charge is -2.07. The van der Waals surface area contributed by atoms with Crippen LogP contribution in [0.3, 0.4) is 0 Å². The van der Waals surface area contributed by atoms with Gasteiger partial charge in [-0.05, 0) is 29.8 Å². The first-order valence-corrected chi connectivity index (χ1v) is 6.92. The van der Waals surface area contributed by atoms with Crippen LogP contribution in [0.2, 0.25) is 0 Å². The van der Waals surface area contributed by atoms with Crippen LogP contribution in [0.25, 0.3) is 5.57 Å². The van der Waals surface area contributed by atoms with E-state index >= 15 is 0 Å². The Kier molecular flexibility index (Phi) is 3.36. The van der Waals surface area contributed by atoms with Crippen molar-refractivity contribution in [2.24, 2.45) is 0 Å². The zero-order chi connectivity index (χ0) is 14.1. The van der Waals surface area contributed by atoms with Crippen LogP contribution < -0.4 is 5.32 Å². The normalized spacial score (nSPS) is 18.3. The highest BCUT2D eigenvalue weighted by Gasteiger charge is 2.38. The van der Waals surface area contributed by atoms with Crippen molar-refractivity contribution in [3.63, 3.8) is 0 Å². The maximum atomic E-state index is 12.6. The fourth-order valence-electron chi connectivity index (χ4n) is 2.20. The number of halogens is 1.